The molecular weight excluding hydrogens is 232 g/mol. The lowest BCUT2D eigenvalue weighted by molar-refractivity contribution is 0.102. The number of hydrogen-bond acceptors (Lipinski definition) is 4. The third kappa shape index (κ3) is 2.76. The van der Waals surface area contributed by atoms with Gasteiger partial charge < -0.3 is 15.5 Å². The van der Waals surface area contributed by atoms with E-state index in [0.29, 0.717) is 5.69 Å². The second kappa shape index (κ2) is 4.75. The van der Waals surface area contributed by atoms with Gasteiger partial charge >= 0.3 is 0 Å². The third-order valence-corrected chi connectivity index (χ3v) is 2.30. The van der Waals surface area contributed by atoms with Crippen molar-refractivity contribution in [2.24, 2.45) is 0 Å². The highest BCUT2D eigenvalue weighted by molar-refractivity contribution is 6.04. The Bertz CT molecular complexity index is 576. The van der Waals surface area contributed by atoms with Crippen molar-refractivity contribution in [3.05, 3.63) is 47.8 Å². The number of aryl methyl sites for hydroxylation is 1. The van der Waals surface area contributed by atoms with Gasteiger partial charge in [-0.25, -0.2) is 0 Å². The minimum Gasteiger partial charge on any atom is -0.508 e. The zero-order chi connectivity index (χ0) is 13.1. The van der Waals surface area contributed by atoms with Gasteiger partial charge in [0.05, 0.1) is 11.9 Å². The van der Waals surface area contributed by atoms with Crippen LogP contribution < -0.4 is 5.32 Å². The molecule has 0 aliphatic rings. The maximum atomic E-state index is 11.9. The number of amides is 1. The van der Waals surface area contributed by atoms with Crippen LogP contribution in [-0.2, 0) is 0 Å². The summed E-state index contributed by atoms with van der Waals surface area (Å²) in [5, 5.41) is 21.2. The molecule has 0 radical (unpaired) electrons. The Kier molecular flexibility index (Phi) is 3.14. The summed E-state index contributed by atoms with van der Waals surface area (Å²) in [7, 11) is 0. The number of aromatic hydroxyl groups is 2. The number of rotatable bonds is 2. The molecule has 1 heterocycles. The Morgan fingerprint density at radius 3 is 2.39 bits per heavy atom. The fourth-order valence-corrected chi connectivity index (χ4v) is 1.55. The molecule has 0 aliphatic heterocycles. The minimum atomic E-state index is -0.423. The van der Waals surface area contributed by atoms with Crippen LogP contribution >= 0.6 is 0 Å². The Balaban J connectivity index is 2.22. The number of aromatic nitrogens is 1. The summed E-state index contributed by atoms with van der Waals surface area (Å²) in [6, 6.07) is 5.48. The first kappa shape index (κ1) is 11.9. The predicted molar refractivity (Wildman–Crippen MR) is 66.7 cm³/mol. The van der Waals surface area contributed by atoms with E-state index in [2.05, 4.69) is 10.3 Å². The zero-order valence-electron chi connectivity index (χ0n) is 9.71. The lowest BCUT2D eigenvalue weighted by Crippen LogP contribution is -2.12. The number of hydrogen-bond donors (Lipinski definition) is 3. The molecular formula is C13H12N2O3. The molecule has 0 spiro atoms. The zero-order valence-corrected chi connectivity index (χ0v) is 9.71. The molecule has 0 fully saturated rings. The normalized spacial score (nSPS) is 10.1. The van der Waals surface area contributed by atoms with Crippen LogP contribution in [0, 0.1) is 6.92 Å². The highest BCUT2D eigenvalue weighted by Gasteiger charge is 2.09. The molecule has 18 heavy (non-hydrogen) atoms. The number of carbonyl (C=O) groups is 1. The largest absolute Gasteiger partial charge is 0.508 e. The Hall–Kier alpha value is -2.56. The molecule has 5 nitrogen and oxygen atoms in total. The first-order valence-corrected chi connectivity index (χ1v) is 5.30. The SMILES string of the molecule is Cc1cncc(NC(=O)c2cc(O)cc(O)c2)c1. The number of phenolic OH excluding ortho intramolecular Hbond substituents is 2. The molecule has 92 valence electrons. The number of carbonyl (C=O) groups excluding carboxylic acids is 1. The molecule has 1 aromatic carbocycles. The maximum Gasteiger partial charge on any atom is 0.255 e. The van der Waals surface area contributed by atoms with Crippen molar-refractivity contribution >= 4 is 11.6 Å². The summed E-state index contributed by atoms with van der Waals surface area (Å²) in [5.41, 5.74) is 1.66. The van der Waals surface area contributed by atoms with Crippen molar-refractivity contribution in [3.8, 4) is 11.5 Å². The molecule has 0 saturated heterocycles. The smallest absolute Gasteiger partial charge is 0.255 e. The first-order chi connectivity index (χ1) is 8.54. The van der Waals surface area contributed by atoms with E-state index in [1.165, 1.54) is 18.3 Å². The van der Waals surface area contributed by atoms with Gasteiger partial charge in [-0.05, 0) is 30.7 Å². The molecule has 0 atom stereocenters. The van der Waals surface area contributed by atoms with Crippen LogP contribution in [0.15, 0.2) is 36.7 Å². The fraction of sp³-hybridized carbons (Fsp3) is 0.0769. The van der Waals surface area contributed by atoms with Crippen molar-refractivity contribution in [1.29, 1.82) is 0 Å². The van der Waals surface area contributed by atoms with Crippen LogP contribution in [0.5, 0.6) is 11.5 Å². The van der Waals surface area contributed by atoms with Crippen LogP contribution in [0.25, 0.3) is 0 Å². The summed E-state index contributed by atoms with van der Waals surface area (Å²) in [6.45, 7) is 1.86. The molecule has 3 N–H and O–H groups in total. The number of phenols is 2. The predicted octanol–water partition coefficient (Wildman–Crippen LogP) is 2.05. The Morgan fingerprint density at radius 1 is 1.11 bits per heavy atom. The molecule has 2 rings (SSSR count). The molecule has 0 aliphatic carbocycles. The summed E-state index contributed by atoms with van der Waals surface area (Å²) in [6.07, 6.45) is 3.20. The lowest BCUT2D eigenvalue weighted by Gasteiger charge is -2.06. The van der Waals surface area contributed by atoms with Gasteiger partial charge in [0.15, 0.2) is 0 Å². The summed E-state index contributed by atoms with van der Waals surface area (Å²) < 4.78 is 0. The number of nitrogens with one attached hydrogen (secondary N) is 1. The Labute approximate surface area is 104 Å². The first-order valence-electron chi connectivity index (χ1n) is 5.30. The van der Waals surface area contributed by atoms with Crippen LogP contribution in [0.4, 0.5) is 5.69 Å². The van der Waals surface area contributed by atoms with Gasteiger partial charge in [-0.2, -0.15) is 0 Å². The van der Waals surface area contributed by atoms with Gasteiger partial charge in [0.2, 0.25) is 0 Å². The molecule has 5 heteroatoms. The van der Waals surface area contributed by atoms with Crippen LogP contribution in [0.2, 0.25) is 0 Å². The van der Waals surface area contributed by atoms with E-state index in [0.717, 1.165) is 11.6 Å². The molecule has 2 aromatic rings. The van der Waals surface area contributed by atoms with Gasteiger partial charge in [0.1, 0.15) is 11.5 Å². The average Bonchev–Trinajstić information content (AvgIpc) is 2.27. The number of nitrogens with zero attached hydrogens (tertiary/aromatic N) is 1. The molecule has 1 amide bonds. The van der Waals surface area contributed by atoms with E-state index in [4.69, 9.17) is 0 Å². The van der Waals surface area contributed by atoms with Crippen LogP contribution in [0.3, 0.4) is 0 Å². The average molecular weight is 244 g/mol. The summed E-state index contributed by atoms with van der Waals surface area (Å²) in [4.78, 5) is 15.8. The molecule has 0 bridgehead atoms. The van der Waals surface area contributed by atoms with E-state index in [1.54, 1.807) is 12.3 Å². The lowest BCUT2D eigenvalue weighted by atomic mass is 10.2. The summed E-state index contributed by atoms with van der Waals surface area (Å²) >= 11 is 0. The minimum absolute atomic E-state index is 0.164. The van der Waals surface area contributed by atoms with Gasteiger partial charge in [-0.15, -0.1) is 0 Å². The van der Waals surface area contributed by atoms with E-state index < -0.39 is 5.91 Å². The van der Waals surface area contributed by atoms with Gasteiger partial charge in [0, 0.05) is 17.8 Å². The quantitative estimate of drug-likeness (QED) is 0.755. The molecule has 0 saturated carbocycles. The van der Waals surface area contributed by atoms with Gasteiger partial charge in [-0.3, -0.25) is 9.78 Å². The summed E-state index contributed by atoms with van der Waals surface area (Å²) in [5.74, 6) is -0.751. The topological polar surface area (TPSA) is 82.5 Å². The number of anilines is 1. The fourth-order valence-electron chi connectivity index (χ4n) is 1.55. The number of pyridine rings is 1. The third-order valence-electron chi connectivity index (χ3n) is 2.30. The van der Waals surface area contributed by atoms with Crippen molar-refractivity contribution in [3.63, 3.8) is 0 Å². The van der Waals surface area contributed by atoms with Gasteiger partial charge in [0.25, 0.3) is 5.91 Å². The van der Waals surface area contributed by atoms with E-state index >= 15 is 0 Å². The van der Waals surface area contributed by atoms with E-state index in [1.807, 2.05) is 6.92 Å². The van der Waals surface area contributed by atoms with Crippen LogP contribution in [-0.4, -0.2) is 21.1 Å². The van der Waals surface area contributed by atoms with Crippen LogP contribution in [0.1, 0.15) is 15.9 Å². The molecule has 1 aromatic heterocycles. The van der Waals surface area contributed by atoms with Crippen molar-refractivity contribution in [2.45, 2.75) is 6.92 Å². The van der Waals surface area contributed by atoms with Crippen molar-refractivity contribution in [1.82, 2.24) is 4.98 Å². The molecule has 0 unspecified atom stereocenters. The standard InChI is InChI=1S/C13H12N2O3/c1-8-2-10(7-14-6-8)15-13(18)9-3-11(16)5-12(17)4-9/h2-7,16-17H,1H3,(H,15,18). The van der Waals surface area contributed by atoms with E-state index in [-0.39, 0.29) is 17.1 Å². The van der Waals surface area contributed by atoms with Crippen molar-refractivity contribution in [2.75, 3.05) is 5.32 Å². The highest BCUT2D eigenvalue weighted by atomic mass is 16.3. The second-order valence-electron chi connectivity index (χ2n) is 3.94. The number of benzene rings is 1. The Morgan fingerprint density at radius 2 is 1.78 bits per heavy atom. The monoisotopic (exact) mass is 244 g/mol. The highest BCUT2D eigenvalue weighted by Crippen LogP contribution is 2.21. The van der Waals surface area contributed by atoms with Gasteiger partial charge in [-0.1, -0.05) is 0 Å². The second-order valence-corrected chi connectivity index (χ2v) is 3.94. The maximum absolute atomic E-state index is 11.9. The van der Waals surface area contributed by atoms with E-state index in [9.17, 15) is 15.0 Å². The van der Waals surface area contributed by atoms with Crippen molar-refractivity contribution < 1.29 is 15.0 Å².